The molecule has 1 aromatic heterocycles. The Labute approximate surface area is 238 Å². The van der Waals surface area contributed by atoms with Crippen LogP contribution in [0.1, 0.15) is 36.0 Å². The lowest BCUT2D eigenvalue weighted by Crippen LogP contribution is -2.27. The number of nitrogens with zero attached hydrogens (tertiary/aromatic N) is 2. The zero-order valence-electron chi connectivity index (χ0n) is 21.8. The van der Waals surface area contributed by atoms with Crippen LogP contribution in [0.25, 0.3) is 0 Å². The first-order valence-electron chi connectivity index (χ1n) is 12.6. The highest BCUT2D eigenvalue weighted by Gasteiger charge is 2.20. The molecule has 0 unspecified atom stereocenters. The maximum absolute atomic E-state index is 13.4. The van der Waals surface area contributed by atoms with Gasteiger partial charge in [0.2, 0.25) is 16.0 Å². The SMILES string of the molecule is Cc1ccc(Nc2ncc(Br)c(N[C@H](C)CO)n2)cc1S(=O)(=O)NCCC(c1ccccc1)c1ccccc1. The maximum atomic E-state index is 13.4. The fourth-order valence-corrected chi connectivity index (χ4v) is 5.84. The number of rotatable bonds is 12. The first kappa shape index (κ1) is 28.7. The van der Waals surface area contributed by atoms with E-state index in [0.29, 0.717) is 33.9 Å². The van der Waals surface area contributed by atoms with E-state index in [0.717, 1.165) is 11.1 Å². The van der Waals surface area contributed by atoms with E-state index in [1.165, 1.54) is 0 Å². The first-order valence-corrected chi connectivity index (χ1v) is 14.9. The zero-order valence-corrected chi connectivity index (χ0v) is 24.2. The normalized spacial score (nSPS) is 12.3. The molecule has 0 bridgehead atoms. The van der Waals surface area contributed by atoms with Crippen LogP contribution in [0.2, 0.25) is 0 Å². The van der Waals surface area contributed by atoms with Crippen LogP contribution in [0.15, 0.2) is 94.4 Å². The van der Waals surface area contributed by atoms with Crippen molar-refractivity contribution in [3.05, 3.63) is 106 Å². The summed E-state index contributed by atoms with van der Waals surface area (Å²) in [5.41, 5.74) is 3.45. The fourth-order valence-electron chi connectivity index (χ4n) is 4.22. The van der Waals surface area contributed by atoms with Crippen molar-refractivity contribution in [3.63, 3.8) is 0 Å². The Morgan fingerprint density at radius 3 is 2.23 bits per heavy atom. The molecule has 0 aliphatic carbocycles. The Hall–Kier alpha value is -3.31. The average molecular weight is 611 g/mol. The Morgan fingerprint density at radius 2 is 1.62 bits per heavy atom. The Kier molecular flexibility index (Phi) is 9.68. The lowest BCUT2D eigenvalue weighted by Gasteiger charge is -2.19. The van der Waals surface area contributed by atoms with Gasteiger partial charge in [-0.05, 0) is 65.0 Å². The Morgan fingerprint density at radius 1 is 0.974 bits per heavy atom. The van der Waals surface area contributed by atoms with Crippen molar-refractivity contribution in [2.45, 2.75) is 37.1 Å². The molecule has 4 rings (SSSR count). The Bertz CT molecular complexity index is 1450. The van der Waals surface area contributed by atoms with Crippen molar-refractivity contribution in [2.24, 2.45) is 0 Å². The van der Waals surface area contributed by atoms with E-state index in [-0.39, 0.29) is 30.0 Å². The minimum atomic E-state index is -3.78. The van der Waals surface area contributed by atoms with E-state index < -0.39 is 10.0 Å². The molecule has 3 aromatic carbocycles. The largest absolute Gasteiger partial charge is 0.394 e. The number of anilines is 3. The molecular weight excluding hydrogens is 578 g/mol. The maximum Gasteiger partial charge on any atom is 0.240 e. The molecule has 0 saturated heterocycles. The van der Waals surface area contributed by atoms with E-state index in [4.69, 9.17) is 0 Å². The van der Waals surface area contributed by atoms with E-state index in [1.54, 1.807) is 31.3 Å². The minimum absolute atomic E-state index is 0.0527. The number of benzene rings is 3. The average Bonchev–Trinajstić information content (AvgIpc) is 2.94. The molecule has 10 heteroatoms. The Balaban J connectivity index is 1.49. The molecule has 0 amide bonds. The third kappa shape index (κ3) is 7.63. The van der Waals surface area contributed by atoms with Gasteiger partial charge in [-0.15, -0.1) is 0 Å². The summed E-state index contributed by atoms with van der Waals surface area (Å²) in [5.74, 6) is 0.872. The smallest absolute Gasteiger partial charge is 0.240 e. The van der Waals surface area contributed by atoms with Gasteiger partial charge in [0.15, 0.2) is 0 Å². The monoisotopic (exact) mass is 609 g/mol. The van der Waals surface area contributed by atoms with Crippen LogP contribution in [-0.4, -0.2) is 42.7 Å². The second-order valence-electron chi connectivity index (χ2n) is 9.28. The van der Waals surface area contributed by atoms with Gasteiger partial charge >= 0.3 is 0 Å². The van der Waals surface area contributed by atoms with Gasteiger partial charge in [-0.3, -0.25) is 0 Å². The summed E-state index contributed by atoms with van der Waals surface area (Å²) in [6.07, 6.45) is 2.20. The highest BCUT2D eigenvalue weighted by molar-refractivity contribution is 9.10. The van der Waals surface area contributed by atoms with Crippen LogP contribution in [0.4, 0.5) is 17.5 Å². The standard InChI is InChI=1S/C29H32BrN5O3S/c1-20-13-14-24(34-29-31-18-26(30)28(35-29)33-21(2)19-36)17-27(20)39(37,38)32-16-15-25(22-9-5-3-6-10-22)23-11-7-4-8-12-23/h3-14,17-18,21,25,32,36H,15-16,19H2,1-2H3,(H2,31,33,34,35)/t21-/m1/s1. The van der Waals surface area contributed by atoms with Crippen LogP contribution < -0.4 is 15.4 Å². The third-order valence-electron chi connectivity index (χ3n) is 6.26. The first-order chi connectivity index (χ1) is 18.8. The van der Waals surface area contributed by atoms with Crippen molar-refractivity contribution in [1.82, 2.24) is 14.7 Å². The molecule has 4 aromatic rings. The summed E-state index contributed by atoms with van der Waals surface area (Å²) in [5, 5.41) is 15.5. The second-order valence-corrected chi connectivity index (χ2v) is 11.9. The third-order valence-corrected chi connectivity index (χ3v) is 8.45. The van der Waals surface area contributed by atoms with Crippen molar-refractivity contribution < 1.29 is 13.5 Å². The van der Waals surface area contributed by atoms with Crippen molar-refractivity contribution in [2.75, 3.05) is 23.8 Å². The van der Waals surface area contributed by atoms with Gasteiger partial charge < -0.3 is 15.7 Å². The number of aliphatic hydroxyl groups excluding tert-OH is 1. The zero-order chi connectivity index (χ0) is 27.8. The number of hydrogen-bond acceptors (Lipinski definition) is 7. The lowest BCUT2D eigenvalue weighted by atomic mass is 9.89. The predicted molar refractivity (Wildman–Crippen MR) is 159 cm³/mol. The minimum Gasteiger partial charge on any atom is -0.394 e. The molecule has 1 heterocycles. The molecule has 0 aliphatic rings. The number of halogens is 1. The number of nitrogens with one attached hydrogen (secondary N) is 3. The molecule has 8 nitrogen and oxygen atoms in total. The van der Waals surface area contributed by atoms with Crippen LogP contribution in [0.3, 0.4) is 0 Å². The molecule has 39 heavy (non-hydrogen) atoms. The van der Waals surface area contributed by atoms with E-state index in [1.807, 2.05) is 43.3 Å². The van der Waals surface area contributed by atoms with Gasteiger partial charge in [-0.25, -0.2) is 18.1 Å². The topological polar surface area (TPSA) is 116 Å². The highest BCUT2D eigenvalue weighted by Crippen LogP contribution is 2.28. The number of aliphatic hydroxyl groups is 1. The molecule has 0 saturated carbocycles. The van der Waals surface area contributed by atoms with Crippen molar-refractivity contribution in [3.8, 4) is 0 Å². The van der Waals surface area contributed by atoms with Crippen LogP contribution in [0.5, 0.6) is 0 Å². The number of sulfonamides is 1. The second kappa shape index (κ2) is 13.2. The van der Waals surface area contributed by atoms with E-state index in [9.17, 15) is 13.5 Å². The van der Waals surface area contributed by atoms with E-state index >= 15 is 0 Å². The molecule has 4 N–H and O–H groups in total. The molecular formula is C29H32BrN5O3S. The number of aryl methyl sites for hydroxylation is 1. The number of hydrogen-bond donors (Lipinski definition) is 4. The molecule has 1 atom stereocenters. The van der Waals surface area contributed by atoms with Crippen molar-refractivity contribution in [1.29, 1.82) is 0 Å². The number of aromatic nitrogens is 2. The molecule has 204 valence electrons. The van der Waals surface area contributed by atoms with Crippen LogP contribution >= 0.6 is 15.9 Å². The van der Waals surface area contributed by atoms with Gasteiger partial charge in [0.1, 0.15) is 5.82 Å². The van der Waals surface area contributed by atoms with Crippen LogP contribution in [-0.2, 0) is 10.0 Å². The van der Waals surface area contributed by atoms with E-state index in [2.05, 4.69) is 65.5 Å². The molecule has 0 spiro atoms. The summed E-state index contributed by atoms with van der Waals surface area (Å²) in [4.78, 5) is 8.90. The summed E-state index contributed by atoms with van der Waals surface area (Å²) in [7, 11) is -3.78. The lowest BCUT2D eigenvalue weighted by molar-refractivity contribution is 0.281. The highest BCUT2D eigenvalue weighted by atomic mass is 79.9. The predicted octanol–water partition coefficient (Wildman–Crippen LogP) is 5.58. The molecule has 0 aliphatic heterocycles. The van der Waals surface area contributed by atoms with Crippen LogP contribution in [0, 0.1) is 6.92 Å². The fraction of sp³-hybridized carbons (Fsp3) is 0.241. The summed E-state index contributed by atoms with van der Waals surface area (Å²) in [6.45, 7) is 3.82. The summed E-state index contributed by atoms with van der Waals surface area (Å²) in [6, 6.07) is 25.1. The quantitative estimate of drug-likeness (QED) is 0.165. The summed E-state index contributed by atoms with van der Waals surface area (Å²) < 4.78 is 30.2. The van der Waals surface area contributed by atoms with Gasteiger partial charge in [0.25, 0.3) is 0 Å². The van der Waals surface area contributed by atoms with Gasteiger partial charge in [-0.2, -0.15) is 4.98 Å². The van der Waals surface area contributed by atoms with Gasteiger partial charge in [-0.1, -0.05) is 66.7 Å². The van der Waals surface area contributed by atoms with Crippen molar-refractivity contribution >= 4 is 43.4 Å². The van der Waals surface area contributed by atoms with Gasteiger partial charge in [0.05, 0.1) is 16.0 Å². The molecule has 0 radical (unpaired) electrons. The van der Waals surface area contributed by atoms with Gasteiger partial charge in [0, 0.05) is 30.4 Å². The summed E-state index contributed by atoms with van der Waals surface area (Å²) >= 11 is 3.40. The molecule has 0 fully saturated rings.